The monoisotopic (exact) mass is 449 g/mol. The molecule has 0 saturated carbocycles. The zero-order valence-corrected chi connectivity index (χ0v) is 18.4. The SMILES string of the molecule is CCOc1ccc(NC(=S)Nc2sc3c(c2C(=O)OC)CCCCC3)c([N+](=O)[O-])c1. The van der Waals surface area contributed by atoms with Gasteiger partial charge in [-0.15, -0.1) is 11.3 Å². The molecule has 0 amide bonds. The van der Waals surface area contributed by atoms with E-state index >= 15 is 0 Å². The molecule has 0 unspecified atom stereocenters. The number of ether oxygens (including phenoxy) is 2. The fourth-order valence-electron chi connectivity index (χ4n) is 3.43. The molecule has 3 rings (SSSR count). The first-order chi connectivity index (χ1) is 14.4. The van der Waals surface area contributed by atoms with Gasteiger partial charge in [-0.25, -0.2) is 4.79 Å². The smallest absolute Gasteiger partial charge is 0.341 e. The van der Waals surface area contributed by atoms with Gasteiger partial charge in [0.2, 0.25) is 0 Å². The molecular weight excluding hydrogens is 426 g/mol. The lowest BCUT2D eigenvalue weighted by Gasteiger charge is -2.12. The number of esters is 1. The van der Waals surface area contributed by atoms with E-state index in [-0.39, 0.29) is 16.5 Å². The van der Waals surface area contributed by atoms with Crippen LogP contribution in [0.5, 0.6) is 5.75 Å². The largest absolute Gasteiger partial charge is 0.494 e. The molecule has 0 fully saturated rings. The molecule has 2 aromatic rings. The number of anilines is 2. The zero-order chi connectivity index (χ0) is 21.7. The molecule has 0 spiro atoms. The molecule has 1 aromatic heterocycles. The molecule has 0 aliphatic heterocycles. The second kappa shape index (κ2) is 9.86. The molecule has 0 atom stereocenters. The van der Waals surface area contributed by atoms with E-state index in [1.54, 1.807) is 19.1 Å². The van der Waals surface area contributed by atoms with E-state index in [4.69, 9.17) is 21.7 Å². The lowest BCUT2D eigenvalue weighted by Crippen LogP contribution is -2.21. The number of rotatable bonds is 6. The van der Waals surface area contributed by atoms with Gasteiger partial charge in [0.05, 0.1) is 30.3 Å². The van der Waals surface area contributed by atoms with Crippen molar-refractivity contribution in [3.05, 3.63) is 44.3 Å². The Balaban J connectivity index is 1.85. The fraction of sp³-hybridized carbons (Fsp3) is 0.400. The van der Waals surface area contributed by atoms with Crippen LogP contribution in [0.15, 0.2) is 18.2 Å². The van der Waals surface area contributed by atoms with Gasteiger partial charge in [0, 0.05) is 4.88 Å². The number of carbonyl (C=O) groups excluding carboxylic acids is 1. The Morgan fingerprint density at radius 2 is 2.03 bits per heavy atom. The molecule has 2 N–H and O–H groups in total. The molecule has 0 saturated heterocycles. The van der Waals surface area contributed by atoms with Crippen molar-refractivity contribution in [3.63, 3.8) is 0 Å². The summed E-state index contributed by atoms with van der Waals surface area (Å²) in [6.45, 7) is 2.21. The van der Waals surface area contributed by atoms with E-state index in [1.807, 2.05) is 0 Å². The average Bonchev–Trinajstić information content (AvgIpc) is 2.89. The van der Waals surface area contributed by atoms with Crippen molar-refractivity contribution in [1.82, 2.24) is 0 Å². The molecule has 1 heterocycles. The van der Waals surface area contributed by atoms with Crippen LogP contribution in [-0.4, -0.2) is 29.7 Å². The zero-order valence-electron chi connectivity index (χ0n) is 16.8. The Morgan fingerprint density at radius 1 is 1.27 bits per heavy atom. The topological polar surface area (TPSA) is 103 Å². The Hall–Kier alpha value is -2.72. The Labute approximate surface area is 183 Å². The molecule has 30 heavy (non-hydrogen) atoms. The van der Waals surface area contributed by atoms with Gasteiger partial charge in [-0.3, -0.25) is 10.1 Å². The Kier molecular flexibility index (Phi) is 7.22. The van der Waals surface area contributed by atoms with E-state index < -0.39 is 10.9 Å². The van der Waals surface area contributed by atoms with Gasteiger partial charge in [-0.1, -0.05) is 6.42 Å². The minimum Gasteiger partial charge on any atom is -0.494 e. The third kappa shape index (κ3) is 4.88. The van der Waals surface area contributed by atoms with Crippen molar-refractivity contribution in [2.24, 2.45) is 0 Å². The third-order valence-corrected chi connectivity index (χ3v) is 6.17. The maximum Gasteiger partial charge on any atom is 0.341 e. The summed E-state index contributed by atoms with van der Waals surface area (Å²) in [7, 11) is 1.35. The number of thiocarbonyl (C=S) groups is 1. The van der Waals surface area contributed by atoms with Crippen LogP contribution in [-0.2, 0) is 17.6 Å². The Morgan fingerprint density at radius 3 is 2.73 bits per heavy atom. The minimum absolute atomic E-state index is 0.153. The normalized spacial score (nSPS) is 13.0. The number of carbonyl (C=O) groups is 1. The molecule has 1 aromatic carbocycles. The number of fused-ring (bicyclic) bond motifs is 1. The first-order valence-corrected chi connectivity index (χ1v) is 10.9. The molecule has 160 valence electrons. The number of nitrogens with one attached hydrogen (secondary N) is 2. The van der Waals surface area contributed by atoms with Crippen LogP contribution < -0.4 is 15.4 Å². The maximum absolute atomic E-state index is 12.4. The quantitative estimate of drug-likeness (QED) is 0.211. The molecule has 0 radical (unpaired) electrons. The van der Waals surface area contributed by atoms with Gasteiger partial charge in [0.15, 0.2) is 5.11 Å². The summed E-state index contributed by atoms with van der Waals surface area (Å²) in [5.41, 5.74) is 1.60. The number of thiophene rings is 1. The first kappa shape index (κ1) is 22.0. The number of aryl methyl sites for hydroxylation is 1. The van der Waals surface area contributed by atoms with Gasteiger partial charge in [0.25, 0.3) is 5.69 Å². The summed E-state index contributed by atoms with van der Waals surface area (Å²) in [6.07, 6.45) is 4.97. The van der Waals surface area contributed by atoms with Gasteiger partial charge >= 0.3 is 5.97 Å². The summed E-state index contributed by atoms with van der Waals surface area (Å²) in [5.74, 6) is -0.00431. The van der Waals surface area contributed by atoms with Crippen LogP contribution in [0.25, 0.3) is 0 Å². The molecule has 10 heteroatoms. The number of benzene rings is 1. The van der Waals surface area contributed by atoms with Crippen LogP contribution in [0.2, 0.25) is 0 Å². The number of methoxy groups -OCH3 is 1. The maximum atomic E-state index is 12.4. The molecule has 1 aliphatic rings. The van der Waals surface area contributed by atoms with Crippen LogP contribution in [0, 0.1) is 10.1 Å². The summed E-state index contributed by atoms with van der Waals surface area (Å²) < 4.78 is 10.3. The predicted molar refractivity (Wildman–Crippen MR) is 121 cm³/mol. The van der Waals surface area contributed by atoms with Crippen LogP contribution in [0.4, 0.5) is 16.4 Å². The first-order valence-electron chi connectivity index (χ1n) is 9.66. The summed E-state index contributed by atoms with van der Waals surface area (Å²) >= 11 is 6.86. The van der Waals surface area contributed by atoms with Crippen molar-refractivity contribution in [1.29, 1.82) is 0 Å². The summed E-state index contributed by atoms with van der Waals surface area (Å²) in [4.78, 5) is 24.6. The van der Waals surface area contributed by atoms with Crippen molar-refractivity contribution in [3.8, 4) is 5.75 Å². The summed E-state index contributed by atoms with van der Waals surface area (Å²) in [5, 5.41) is 18.1. The van der Waals surface area contributed by atoms with E-state index in [0.717, 1.165) is 42.5 Å². The second-order valence-electron chi connectivity index (χ2n) is 6.71. The molecular formula is C20H23N3O5S2. The Bertz CT molecular complexity index is 974. The highest BCUT2D eigenvalue weighted by Gasteiger charge is 2.26. The van der Waals surface area contributed by atoms with Crippen LogP contribution in [0.3, 0.4) is 0 Å². The molecule has 8 nitrogen and oxygen atoms in total. The fourth-order valence-corrected chi connectivity index (χ4v) is 4.99. The number of hydrogen-bond acceptors (Lipinski definition) is 7. The third-order valence-electron chi connectivity index (χ3n) is 4.76. The predicted octanol–water partition coefficient (Wildman–Crippen LogP) is 4.92. The van der Waals surface area contributed by atoms with E-state index in [2.05, 4.69) is 10.6 Å². The molecule has 1 aliphatic carbocycles. The second-order valence-corrected chi connectivity index (χ2v) is 8.22. The van der Waals surface area contributed by atoms with Crippen molar-refractivity contribution in [2.75, 3.05) is 24.4 Å². The lowest BCUT2D eigenvalue weighted by molar-refractivity contribution is -0.384. The number of hydrogen-bond donors (Lipinski definition) is 2. The van der Waals surface area contributed by atoms with E-state index in [9.17, 15) is 14.9 Å². The lowest BCUT2D eigenvalue weighted by atomic mass is 10.1. The van der Waals surface area contributed by atoms with Gasteiger partial charge in [0.1, 0.15) is 16.4 Å². The number of nitro benzene ring substituents is 1. The van der Waals surface area contributed by atoms with Crippen molar-refractivity contribution < 1.29 is 19.2 Å². The average molecular weight is 450 g/mol. The number of nitro groups is 1. The molecule has 0 bridgehead atoms. The standard InChI is InChI=1S/C20H23N3O5S2/c1-3-28-12-9-10-14(15(11-12)23(25)26)21-20(29)22-18-17(19(24)27-2)13-7-5-4-6-8-16(13)30-18/h9-11H,3-8H2,1-2H3,(H2,21,22,29). The highest BCUT2D eigenvalue weighted by Crippen LogP contribution is 2.38. The van der Waals surface area contributed by atoms with E-state index in [1.165, 1.54) is 24.5 Å². The van der Waals surface area contributed by atoms with Crippen molar-refractivity contribution in [2.45, 2.75) is 39.0 Å². The van der Waals surface area contributed by atoms with Crippen LogP contribution >= 0.6 is 23.6 Å². The highest BCUT2D eigenvalue weighted by molar-refractivity contribution is 7.80. The van der Waals surface area contributed by atoms with Crippen LogP contribution in [0.1, 0.15) is 47.0 Å². The minimum atomic E-state index is -0.499. The van der Waals surface area contributed by atoms with Gasteiger partial charge in [-0.2, -0.15) is 0 Å². The summed E-state index contributed by atoms with van der Waals surface area (Å²) in [6, 6.07) is 4.53. The van der Waals surface area contributed by atoms with Gasteiger partial charge < -0.3 is 20.1 Å². The van der Waals surface area contributed by atoms with E-state index in [0.29, 0.717) is 22.9 Å². The van der Waals surface area contributed by atoms with Crippen molar-refractivity contribution >= 4 is 51.0 Å². The number of nitrogens with zero attached hydrogens (tertiary/aromatic N) is 1. The highest BCUT2D eigenvalue weighted by atomic mass is 32.1. The van der Waals surface area contributed by atoms with Gasteiger partial charge in [-0.05, 0) is 62.5 Å².